The van der Waals surface area contributed by atoms with Gasteiger partial charge in [-0.15, -0.1) is 0 Å². The summed E-state index contributed by atoms with van der Waals surface area (Å²) >= 11 is 3.56. The average Bonchev–Trinajstić information content (AvgIpc) is 2.48. The van der Waals surface area contributed by atoms with Crippen LogP contribution in [0.2, 0.25) is 0 Å². The van der Waals surface area contributed by atoms with Gasteiger partial charge in [-0.05, 0) is 43.2 Å². The number of ether oxygens (including phenoxy) is 1. The highest BCUT2D eigenvalue weighted by Gasteiger charge is 2.23. The highest BCUT2D eigenvalue weighted by Crippen LogP contribution is 2.35. The van der Waals surface area contributed by atoms with Gasteiger partial charge < -0.3 is 10.1 Å². The molecule has 110 valence electrons. The van der Waals surface area contributed by atoms with Crippen molar-refractivity contribution in [3.63, 3.8) is 0 Å². The summed E-state index contributed by atoms with van der Waals surface area (Å²) in [7, 11) is 0. The molecule has 21 heavy (non-hydrogen) atoms. The van der Waals surface area contributed by atoms with Gasteiger partial charge in [0.25, 0.3) is 0 Å². The van der Waals surface area contributed by atoms with Gasteiger partial charge in [0, 0.05) is 28.5 Å². The van der Waals surface area contributed by atoms with E-state index in [-0.39, 0.29) is 0 Å². The normalized spacial score (nSPS) is 18.7. The summed E-state index contributed by atoms with van der Waals surface area (Å²) < 4.78 is 6.86. The van der Waals surface area contributed by atoms with Crippen molar-refractivity contribution in [3.8, 4) is 5.75 Å². The van der Waals surface area contributed by atoms with Gasteiger partial charge in [-0.3, -0.25) is 0 Å². The standard InChI is InChI=1S/C18H20BrNO/c1-12-5-3-4-6-15(12)13(2)20-17-9-10-21-18-8-7-14(19)11-16(17)18/h3-8,11,13,17,20H,9-10H2,1-2H3. The maximum Gasteiger partial charge on any atom is 0.124 e. The minimum atomic E-state index is 0.320. The third kappa shape index (κ3) is 3.14. The summed E-state index contributed by atoms with van der Waals surface area (Å²) in [4.78, 5) is 0. The van der Waals surface area contributed by atoms with Gasteiger partial charge in [-0.25, -0.2) is 0 Å². The van der Waals surface area contributed by atoms with Gasteiger partial charge in [-0.2, -0.15) is 0 Å². The third-order valence-electron chi connectivity index (χ3n) is 4.12. The van der Waals surface area contributed by atoms with Crippen molar-refractivity contribution < 1.29 is 4.74 Å². The lowest BCUT2D eigenvalue weighted by Crippen LogP contribution is -2.29. The molecule has 0 aromatic heterocycles. The smallest absolute Gasteiger partial charge is 0.124 e. The molecule has 3 heteroatoms. The number of hydrogen-bond donors (Lipinski definition) is 1. The topological polar surface area (TPSA) is 21.3 Å². The molecule has 2 atom stereocenters. The third-order valence-corrected chi connectivity index (χ3v) is 4.61. The molecule has 0 aliphatic carbocycles. The van der Waals surface area contributed by atoms with Gasteiger partial charge in [0.1, 0.15) is 5.75 Å². The first kappa shape index (κ1) is 14.6. The molecule has 0 saturated heterocycles. The fraction of sp³-hybridized carbons (Fsp3) is 0.333. The van der Waals surface area contributed by atoms with Gasteiger partial charge in [0.15, 0.2) is 0 Å². The molecule has 1 aliphatic heterocycles. The van der Waals surface area contributed by atoms with Crippen LogP contribution in [0.1, 0.15) is 42.1 Å². The quantitative estimate of drug-likeness (QED) is 0.851. The van der Waals surface area contributed by atoms with Crippen LogP contribution >= 0.6 is 15.9 Å². The lowest BCUT2D eigenvalue weighted by atomic mass is 9.97. The molecule has 1 aliphatic rings. The highest BCUT2D eigenvalue weighted by atomic mass is 79.9. The van der Waals surface area contributed by atoms with Crippen LogP contribution in [0.5, 0.6) is 5.75 Å². The summed E-state index contributed by atoms with van der Waals surface area (Å²) in [6, 6.07) is 15.5. The first-order valence-corrected chi connectivity index (χ1v) is 8.18. The van der Waals surface area contributed by atoms with Gasteiger partial charge in [-0.1, -0.05) is 40.2 Å². The average molecular weight is 346 g/mol. The van der Waals surface area contributed by atoms with Crippen LogP contribution in [0.15, 0.2) is 46.9 Å². The fourth-order valence-corrected chi connectivity index (χ4v) is 3.38. The molecular formula is C18H20BrNO. The lowest BCUT2D eigenvalue weighted by molar-refractivity contribution is 0.246. The summed E-state index contributed by atoms with van der Waals surface area (Å²) in [5, 5.41) is 3.76. The minimum Gasteiger partial charge on any atom is -0.493 e. The predicted molar refractivity (Wildman–Crippen MR) is 89.7 cm³/mol. The van der Waals surface area contributed by atoms with E-state index < -0.39 is 0 Å². The second kappa shape index (κ2) is 6.20. The summed E-state index contributed by atoms with van der Waals surface area (Å²) in [5.41, 5.74) is 3.94. The molecule has 2 aromatic rings. The number of benzene rings is 2. The Morgan fingerprint density at radius 2 is 2.05 bits per heavy atom. The number of rotatable bonds is 3. The zero-order chi connectivity index (χ0) is 14.8. The van der Waals surface area contributed by atoms with Crippen LogP contribution in [0.3, 0.4) is 0 Å². The second-order valence-electron chi connectivity index (χ2n) is 5.62. The van der Waals surface area contributed by atoms with Gasteiger partial charge in [0.2, 0.25) is 0 Å². The molecule has 1 heterocycles. The van der Waals surface area contributed by atoms with E-state index >= 15 is 0 Å². The van der Waals surface area contributed by atoms with Crippen molar-refractivity contribution in [1.29, 1.82) is 0 Å². The summed E-state index contributed by atoms with van der Waals surface area (Å²) in [5.74, 6) is 0.999. The Labute approximate surface area is 134 Å². The molecule has 2 aromatic carbocycles. The number of aryl methyl sites for hydroxylation is 1. The molecule has 0 fully saturated rings. The van der Waals surface area contributed by atoms with Crippen molar-refractivity contribution >= 4 is 15.9 Å². The first-order chi connectivity index (χ1) is 10.1. The van der Waals surface area contributed by atoms with Gasteiger partial charge in [0.05, 0.1) is 6.61 Å². The molecule has 2 nitrogen and oxygen atoms in total. The van der Waals surface area contributed by atoms with E-state index in [0.29, 0.717) is 12.1 Å². The molecule has 2 unspecified atom stereocenters. The van der Waals surface area contributed by atoms with E-state index in [9.17, 15) is 0 Å². The maximum absolute atomic E-state index is 5.76. The molecule has 0 bridgehead atoms. The number of fused-ring (bicyclic) bond motifs is 1. The van der Waals surface area contributed by atoms with E-state index in [4.69, 9.17) is 4.74 Å². The fourth-order valence-electron chi connectivity index (χ4n) is 3.00. The van der Waals surface area contributed by atoms with Crippen LogP contribution in [-0.2, 0) is 0 Å². The lowest BCUT2D eigenvalue weighted by Gasteiger charge is -2.30. The van der Waals surface area contributed by atoms with Crippen molar-refractivity contribution in [2.75, 3.05) is 6.61 Å². The Balaban J connectivity index is 1.83. The highest BCUT2D eigenvalue weighted by molar-refractivity contribution is 9.10. The van der Waals surface area contributed by atoms with Crippen LogP contribution in [-0.4, -0.2) is 6.61 Å². The Morgan fingerprint density at radius 3 is 2.86 bits per heavy atom. The second-order valence-corrected chi connectivity index (χ2v) is 6.53. The maximum atomic E-state index is 5.76. The Bertz CT molecular complexity index is 641. The Morgan fingerprint density at radius 1 is 1.24 bits per heavy atom. The molecule has 0 spiro atoms. The largest absolute Gasteiger partial charge is 0.493 e. The SMILES string of the molecule is Cc1ccccc1C(C)NC1CCOc2ccc(Br)cc21. The number of nitrogens with one attached hydrogen (secondary N) is 1. The Kier molecular flexibility index (Phi) is 4.32. The predicted octanol–water partition coefficient (Wildman–Crippen LogP) is 4.93. The van der Waals surface area contributed by atoms with Crippen molar-refractivity contribution in [2.45, 2.75) is 32.4 Å². The van der Waals surface area contributed by atoms with Crippen molar-refractivity contribution in [1.82, 2.24) is 5.32 Å². The van der Waals surface area contributed by atoms with E-state index in [1.54, 1.807) is 0 Å². The number of hydrogen-bond acceptors (Lipinski definition) is 2. The van der Waals surface area contributed by atoms with Crippen molar-refractivity contribution in [3.05, 3.63) is 63.6 Å². The van der Waals surface area contributed by atoms with Crippen molar-refractivity contribution in [2.24, 2.45) is 0 Å². The molecular weight excluding hydrogens is 326 g/mol. The summed E-state index contributed by atoms with van der Waals surface area (Å²) in [6.07, 6.45) is 1.000. The van der Waals surface area contributed by atoms with E-state index in [1.165, 1.54) is 16.7 Å². The zero-order valence-corrected chi connectivity index (χ0v) is 14.0. The van der Waals surface area contributed by atoms with Gasteiger partial charge >= 0.3 is 0 Å². The Hall–Kier alpha value is -1.32. The minimum absolute atomic E-state index is 0.320. The number of halogens is 1. The molecule has 0 radical (unpaired) electrons. The summed E-state index contributed by atoms with van der Waals surface area (Å²) in [6.45, 7) is 5.17. The first-order valence-electron chi connectivity index (χ1n) is 7.39. The molecule has 0 amide bonds. The monoisotopic (exact) mass is 345 g/mol. The van der Waals surface area contributed by atoms with E-state index in [2.05, 4.69) is 65.4 Å². The van der Waals surface area contributed by atoms with Crippen LogP contribution < -0.4 is 10.1 Å². The van der Waals surface area contributed by atoms with E-state index in [1.807, 2.05) is 12.1 Å². The zero-order valence-electron chi connectivity index (χ0n) is 12.4. The molecule has 3 rings (SSSR count). The van der Waals surface area contributed by atoms with Crippen LogP contribution in [0.4, 0.5) is 0 Å². The van der Waals surface area contributed by atoms with E-state index in [0.717, 1.165) is 23.2 Å². The van der Waals surface area contributed by atoms with Crippen LogP contribution in [0.25, 0.3) is 0 Å². The van der Waals surface area contributed by atoms with Crippen LogP contribution in [0, 0.1) is 6.92 Å². The molecule has 0 saturated carbocycles. The molecule has 1 N–H and O–H groups in total.